The highest BCUT2D eigenvalue weighted by Crippen LogP contribution is 2.18. The molecule has 0 aliphatic heterocycles. The molecule has 0 unspecified atom stereocenters. The van der Waals surface area contributed by atoms with Crippen molar-refractivity contribution in [2.45, 2.75) is 46.1 Å². The van der Waals surface area contributed by atoms with E-state index in [1.807, 2.05) is 60.9 Å². The number of hydrogen-bond acceptors (Lipinski definition) is 3. The number of amides is 2. The molecule has 3 rings (SSSR count). The number of fused-ring (bicyclic) bond motifs is 1. The standard InChI is InChI=1S/C29H36N4O2/c1-5-18-32(19-6-2)28(34)21-33-26-13-10-9-12-25(26)31-27(33)14-8-7-11-17-30-29(35)24-16-15-22(3)20-23(24)4/h5-6,9-10,12-13,15-16,20H,1-2,7-8,11,14,17-19,21H2,3-4H3,(H,30,35). The van der Waals surface area contributed by atoms with Gasteiger partial charge in [0.25, 0.3) is 5.91 Å². The molecule has 6 heteroatoms. The van der Waals surface area contributed by atoms with E-state index in [4.69, 9.17) is 4.98 Å². The van der Waals surface area contributed by atoms with Gasteiger partial charge in [-0.2, -0.15) is 0 Å². The SMILES string of the molecule is C=CCN(CC=C)C(=O)Cn1c(CCCCCNC(=O)c2ccc(C)cc2C)nc2ccccc21. The van der Waals surface area contributed by atoms with Gasteiger partial charge in [0.15, 0.2) is 0 Å². The average Bonchev–Trinajstić information content (AvgIpc) is 3.18. The molecule has 0 aliphatic rings. The van der Waals surface area contributed by atoms with Gasteiger partial charge >= 0.3 is 0 Å². The molecule has 0 bridgehead atoms. The van der Waals surface area contributed by atoms with Crippen LogP contribution in [0, 0.1) is 13.8 Å². The second-order valence-corrected chi connectivity index (χ2v) is 8.86. The van der Waals surface area contributed by atoms with E-state index in [0.717, 1.165) is 59.2 Å². The van der Waals surface area contributed by atoms with Gasteiger partial charge in [-0.25, -0.2) is 4.98 Å². The van der Waals surface area contributed by atoms with Crippen molar-refractivity contribution in [1.82, 2.24) is 19.8 Å². The van der Waals surface area contributed by atoms with Gasteiger partial charge in [0.1, 0.15) is 12.4 Å². The molecule has 3 aromatic rings. The van der Waals surface area contributed by atoms with Crippen LogP contribution in [0.1, 0.15) is 46.6 Å². The van der Waals surface area contributed by atoms with Crippen molar-refractivity contribution in [2.24, 2.45) is 0 Å². The van der Waals surface area contributed by atoms with E-state index in [1.54, 1.807) is 17.1 Å². The van der Waals surface area contributed by atoms with Gasteiger partial charge in [0.2, 0.25) is 5.91 Å². The van der Waals surface area contributed by atoms with Gasteiger partial charge in [0, 0.05) is 31.6 Å². The van der Waals surface area contributed by atoms with Crippen LogP contribution in [0.3, 0.4) is 0 Å². The number of rotatable bonds is 13. The van der Waals surface area contributed by atoms with Crippen molar-refractivity contribution in [2.75, 3.05) is 19.6 Å². The normalized spacial score (nSPS) is 10.8. The van der Waals surface area contributed by atoms with Crippen molar-refractivity contribution in [1.29, 1.82) is 0 Å². The summed E-state index contributed by atoms with van der Waals surface area (Å²) < 4.78 is 2.03. The molecule has 0 spiro atoms. The lowest BCUT2D eigenvalue weighted by molar-refractivity contribution is -0.130. The smallest absolute Gasteiger partial charge is 0.251 e. The average molecular weight is 473 g/mol. The summed E-state index contributed by atoms with van der Waals surface area (Å²) in [6, 6.07) is 13.8. The molecule has 184 valence electrons. The van der Waals surface area contributed by atoms with E-state index in [9.17, 15) is 9.59 Å². The first-order chi connectivity index (χ1) is 16.9. The number of imidazole rings is 1. The molecule has 0 radical (unpaired) electrons. The van der Waals surface area contributed by atoms with Crippen LogP contribution in [0.25, 0.3) is 11.0 Å². The lowest BCUT2D eigenvalue weighted by atomic mass is 10.1. The van der Waals surface area contributed by atoms with E-state index in [0.29, 0.717) is 19.6 Å². The first-order valence-corrected chi connectivity index (χ1v) is 12.2. The molecule has 0 saturated heterocycles. The van der Waals surface area contributed by atoms with Gasteiger partial charge in [-0.1, -0.05) is 48.4 Å². The highest BCUT2D eigenvalue weighted by molar-refractivity contribution is 5.95. The Bertz CT molecular complexity index is 1180. The van der Waals surface area contributed by atoms with E-state index in [1.165, 1.54) is 0 Å². The fraction of sp³-hybridized carbons (Fsp3) is 0.345. The quantitative estimate of drug-likeness (QED) is 0.281. The number of benzene rings is 2. The van der Waals surface area contributed by atoms with Crippen LogP contribution in [0.5, 0.6) is 0 Å². The Kier molecular flexibility index (Phi) is 9.41. The Morgan fingerprint density at radius 3 is 2.49 bits per heavy atom. The van der Waals surface area contributed by atoms with E-state index in [2.05, 4.69) is 18.5 Å². The number of carbonyl (C=O) groups is 2. The zero-order chi connectivity index (χ0) is 25.2. The van der Waals surface area contributed by atoms with Crippen molar-refractivity contribution < 1.29 is 9.59 Å². The molecule has 2 aromatic carbocycles. The second-order valence-electron chi connectivity index (χ2n) is 8.86. The number of unbranched alkanes of at least 4 members (excludes halogenated alkanes) is 2. The molecule has 2 amide bonds. The number of aromatic nitrogens is 2. The maximum Gasteiger partial charge on any atom is 0.251 e. The third-order valence-electron chi connectivity index (χ3n) is 6.07. The Morgan fingerprint density at radius 2 is 1.77 bits per heavy atom. The summed E-state index contributed by atoms with van der Waals surface area (Å²) in [6.45, 7) is 13.4. The summed E-state index contributed by atoms with van der Waals surface area (Å²) in [4.78, 5) is 32.0. The number of aryl methyl sites for hydroxylation is 3. The van der Waals surface area contributed by atoms with Gasteiger partial charge in [-0.05, 0) is 50.5 Å². The summed E-state index contributed by atoms with van der Waals surface area (Å²) in [5.74, 6) is 0.908. The van der Waals surface area contributed by atoms with Crippen molar-refractivity contribution in [3.8, 4) is 0 Å². The molecule has 1 heterocycles. The third kappa shape index (κ3) is 6.92. The van der Waals surface area contributed by atoms with Gasteiger partial charge in [0.05, 0.1) is 11.0 Å². The highest BCUT2D eigenvalue weighted by Gasteiger charge is 2.17. The lowest BCUT2D eigenvalue weighted by Gasteiger charge is -2.20. The number of nitrogens with zero attached hydrogens (tertiary/aromatic N) is 3. The second kappa shape index (κ2) is 12.7. The van der Waals surface area contributed by atoms with Gasteiger partial charge in [-0.15, -0.1) is 13.2 Å². The molecule has 6 nitrogen and oxygen atoms in total. The van der Waals surface area contributed by atoms with E-state index in [-0.39, 0.29) is 18.4 Å². The summed E-state index contributed by atoms with van der Waals surface area (Å²) in [7, 11) is 0. The molecule has 35 heavy (non-hydrogen) atoms. The predicted octanol–water partition coefficient (Wildman–Crippen LogP) is 5.00. The van der Waals surface area contributed by atoms with Crippen LogP contribution in [-0.4, -0.2) is 45.9 Å². The Hall–Kier alpha value is -3.67. The minimum Gasteiger partial charge on any atom is -0.352 e. The van der Waals surface area contributed by atoms with Crippen molar-refractivity contribution in [3.63, 3.8) is 0 Å². The van der Waals surface area contributed by atoms with Gasteiger partial charge in [-0.3, -0.25) is 9.59 Å². The highest BCUT2D eigenvalue weighted by atomic mass is 16.2. The maximum absolute atomic E-state index is 13.0. The first-order valence-electron chi connectivity index (χ1n) is 12.2. The van der Waals surface area contributed by atoms with E-state index < -0.39 is 0 Å². The van der Waals surface area contributed by atoms with Crippen LogP contribution in [0.15, 0.2) is 67.8 Å². The Labute approximate surface area is 208 Å². The zero-order valence-corrected chi connectivity index (χ0v) is 20.9. The van der Waals surface area contributed by atoms with Gasteiger partial charge < -0.3 is 14.8 Å². The summed E-state index contributed by atoms with van der Waals surface area (Å²) in [5, 5.41) is 3.03. The predicted molar refractivity (Wildman–Crippen MR) is 143 cm³/mol. The van der Waals surface area contributed by atoms with E-state index >= 15 is 0 Å². The largest absolute Gasteiger partial charge is 0.352 e. The molecular formula is C29H36N4O2. The monoisotopic (exact) mass is 472 g/mol. The fourth-order valence-corrected chi connectivity index (χ4v) is 4.27. The minimum absolute atomic E-state index is 0.0170. The Balaban J connectivity index is 1.56. The summed E-state index contributed by atoms with van der Waals surface area (Å²) >= 11 is 0. The molecule has 1 aromatic heterocycles. The molecule has 0 atom stereocenters. The number of para-hydroxylation sites is 2. The molecule has 1 N–H and O–H groups in total. The van der Waals surface area contributed by atoms with Crippen LogP contribution < -0.4 is 5.32 Å². The van der Waals surface area contributed by atoms with Crippen LogP contribution in [0.4, 0.5) is 0 Å². The lowest BCUT2D eigenvalue weighted by Crippen LogP contribution is -2.34. The Morgan fingerprint density at radius 1 is 1.03 bits per heavy atom. The summed E-state index contributed by atoms with van der Waals surface area (Å²) in [6.07, 6.45) is 7.02. The zero-order valence-electron chi connectivity index (χ0n) is 20.9. The molecule has 0 fully saturated rings. The molecular weight excluding hydrogens is 436 g/mol. The topological polar surface area (TPSA) is 67.2 Å². The van der Waals surface area contributed by atoms with Crippen LogP contribution in [0.2, 0.25) is 0 Å². The number of hydrogen-bond donors (Lipinski definition) is 1. The van der Waals surface area contributed by atoms with Crippen LogP contribution in [-0.2, 0) is 17.8 Å². The fourth-order valence-electron chi connectivity index (χ4n) is 4.27. The molecule has 0 saturated carbocycles. The van der Waals surface area contributed by atoms with Crippen molar-refractivity contribution >= 4 is 22.8 Å². The minimum atomic E-state index is -0.0218. The number of nitrogens with one attached hydrogen (secondary N) is 1. The summed E-state index contributed by atoms with van der Waals surface area (Å²) in [5.41, 5.74) is 4.75. The van der Waals surface area contributed by atoms with Crippen LogP contribution >= 0.6 is 0 Å². The first kappa shape index (κ1) is 25.9. The number of carbonyl (C=O) groups excluding carboxylic acids is 2. The third-order valence-corrected chi connectivity index (χ3v) is 6.07. The van der Waals surface area contributed by atoms with Crippen molar-refractivity contribution in [3.05, 3.63) is 90.3 Å². The molecule has 0 aliphatic carbocycles. The maximum atomic E-state index is 13.0.